The maximum Gasteiger partial charge on any atom is -0.0134 e. The minimum Gasteiger partial charge on any atom is -0.0622 e. The minimum absolute atomic E-state index is 0.137. The topological polar surface area (TPSA) is 19.9 Å². The Hall–Kier alpha value is -2.95. The number of hydrogen-bond acceptors (Lipinski definition) is 0. The molecule has 0 spiro atoms. The normalized spacial score (nSPS) is 9.84. The van der Waals surface area contributed by atoms with Crippen molar-refractivity contribution >= 4 is 66.2 Å². The zero-order valence-electron chi connectivity index (χ0n) is 28.5. The maximum absolute atomic E-state index is 7.50. The first kappa shape index (κ1) is 42.2. The van der Waals surface area contributed by atoms with Gasteiger partial charge in [-0.15, -0.1) is 0 Å². The Morgan fingerprint density at radius 2 is 0.531 bits per heavy atom. The average Bonchev–Trinajstić information content (AvgIpc) is 3.20. The Labute approximate surface area is 313 Å². The molecule has 0 heterocycles. The molecule has 0 aliphatic rings. The first-order valence-electron chi connectivity index (χ1n) is 16.3. The van der Waals surface area contributed by atoms with Crippen molar-refractivity contribution in [3.63, 3.8) is 0 Å². The molecule has 6 heteroatoms. The molecule has 0 N–H and O–H groups in total. The van der Waals surface area contributed by atoms with Crippen LogP contribution in [0.25, 0.3) is 0 Å². The molecule has 0 saturated carbocycles. The van der Waals surface area contributed by atoms with E-state index in [0.717, 1.165) is 0 Å². The van der Waals surface area contributed by atoms with Crippen LogP contribution in [0, 0.1) is 6.65 Å². The molecule has 0 bridgehead atoms. The SMILES string of the molecule is CC[Si](CC)CC.[C-]#[O+].[Cl][Ru].c1ccc(P(c2ccccc2)c2ccccc2)cc1.c1ccc(P(c2ccccc2)c2ccccc2)cc1. The number of hydrogen-bond donors (Lipinski definition) is 0. The predicted molar refractivity (Wildman–Crippen MR) is 217 cm³/mol. The second-order valence-corrected chi connectivity index (χ2v) is 18.6. The van der Waals surface area contributed by atoms with E-state index < -0.39 is 15.8 Å². The molecule has 6 aromatic rings. The quantitative estimate of drug-likeness (QED) is 0.0601. The summed E-state index contributed by atoms with van der Waals surface area (Å²) in [5.41, 5.74) is 0. The molecular weight excluding hydrogens is 759 g/mol. The van der Waals surface area contributed by atoms with Gasteiger partial charge in [-0.2, -0.15) is 0 Å². The van der Waals surface area contributed by atoms with Crippen LogP contribution >= 0.6 is 25.5 Å². The van der Waals surface area contributed by atoms with Crippen LogP contribution in [0.5, 0.6) is 0 Å². The third-order valence-electron chi connectivity index (χ3n) is 7.59. The van der Waals surface area contributed by atoms with Crippen molar-refractivity contribution in [2.75, 3.05) is 0 Å². The molecule has 0 aromatic heterocycles. The van der Waals surface area contributed by atoms with E-state index in [4.69, 9.17) is 4.65 Å². The molecule has 6 aromatic carbocycles. The van der Waals surface area contributed by atoms with Gasteiger partial charge in [-0.05, 0) is 47.7 Å². The fraction of sp³-hybridized carbons (Fsp3) is 0.140. The molecule has 0 unspecified atom stereocenters. The van der Waals surface area contributed by atoms with Crippen LogP contribution in [0.15, 0.2) is 182 Å². The van der Waals surface area contributed by atoms with Crippen LogP contribution in [0.2, 0.25) is 18.1 Å². The Morgan fingerprint density at radius 3 is 0.633 bits per heavy atom. The Balaban J connectivity index is 0.000000264. The summed E-state index contributed by atoms with van der Waals surface area (Å²) in [4.78, 5) is 0. The standard InChI is InChI=1S/2C18H15P.C6H15Si.CO.ClH.Ru/c2*1-4-10-16(11-5-1)19(17-12-6-2-7-13-17)18-14-8-3-9-15-18;1-4-7(5-2)6-3;1-2;;/h2*1-15H;4-6H2,1-3H3;;1H;/q;;;;;+1/p-1. The van der Waals surface area contributed by atoms with Gasteiger partial charge in [-0.3, -0.25) is 0 Å². The summed E-state index contributed by atoms with van der Waals surface area (Å²) in [5.74, 6) is 0. The van der Waals surface area contributed by atoms with E-state index >= 15 is 0 Å². The first-order valence-corrected chi connectivity index (χ1v) is 23.4. The summed E-state index contributed by atoms with van der Waals surface area (Å²) in [6.07, 6.45) is 0. The summed E-state index contributed by atoms with van der Waals surface area (Å²) in [5, 5.41) is 8.39. The predicted octanol–water partition coefficient (Wildman–Crippen LogP) is 10.1. The van der Waals surface area contributed by atoms with E-state index in [0.29, 0.717) is 0 Å². The minimum atomic E-state index is -0.446. The van der Waals surface area contributed by atoms with Crippen molar-refractivity contribution in [1.29, 1.82) is 0 Å². The second-order valence-electron chi connectivity index (χ2n) is 10.5. The summed E-state index contributed by atoms with van der Waals surface area (Å²) in [6, 6.07) is 69.0. The van der Waals surface area contributed by atoms with Crippen LogP contribution in [0.1, 0.15) is 20.8 Å². The smallest absolute Gasteiger partial charge is 0.0134 e. The zero-order chi connectivity index (χ0) is 35.5. The molecule has 0 atom stereocenters. The molecule has 0 aliphatic heterocycles. The molecule has 1 radical (unpaired) electrons. The van der Waals surface area contributed by atoms with Gasteiger partial charge in [0, 0.05) is 8.80 Å². The second kappa shape index (κ2) is 26.9. The van der Waals surface area contributed by atoms with Crippen molar-refractivity contribution in [1.82, 2.24) is 0 Å². The van der Waals surface area contributed by atoms with Gasteiger partial charge in [0.25, 0.3) is 0 Å². The van der Waals surface area contributed by atoms with Gasteiger partial charge < -0.3 is 0 Å². The molecule has 0 aliphatic carbocycles. The molecule has 1 nitrogen and oxygen atoms in total. The number of benzene rings is 6. The van der Waals surface area contributed by atoms with E-state index in [9.17, 15) is 0 Å². The van der Waals surface area contributed by atoms with Gasteiger partial charge in [0.2, 0.25) is 0 Å². The molecule has 252 valence electrons. The van der Waals surface area contributed by atoms with Gasteiger partial charge in [-0.25, -0.2) is 0 Å². The van der Waals surface area contributed by atoms with Crippen LogP contribution in [0.3, 0.4) is 0 Å². The van der Waals surface area contributed by atoms with E-state index in [1.54, 1.807) is 0 Å². The van der Waals surface area contributed by atoms with Gasteiger partial charge >= 0.3 is 38.3 Å². The van der Waals surface area contributed by atoms with E-state index in [-0.39, 0.29) is 8.80 Å². The molecule has 0 amide bonds. The maximum atomic E-state index is 7.50. The van der Waals surface area contributed by atoms with Crippen LogP contribution in [-0.2, 0) is 22.0 Å². The molecule has 0 fully saturated rings. The van der Waals surface area contributed by atoms with Gasteiger partial charge in [-0.1, -0.05) is 221 Å². The summed E-state index contributed by atoms with van der Waals surface area (Å²) < 4.78 is 7.50. The monoisotopic (exact) mass is 804 g/mol. The fourth-order valence-corrected chi connectivity index (χ4v) is 11.2. The van der Waals surface area contributed by atoms with E-state index in [1.165, 1.54) is 50.0 Å². The summed E-state index contributed by atoms with van der Waals surface area (Å²) in [7, 11) is 3.81. The van der Waals surface area contributed by atoms with Crippen LogP contribution in [0.4, 0.5) is 0 Å². The van der Waals surface area contributed by atoms with Crippen LogP contribution in [-0.4, -0.2) is 8.80 Å². The van der Waals surface area contributed by atoms with Crippen molar-refractivity contribution < 1.29 is 22.0 Å². The Bertz CT molecular complexity index is 1330. The van der Waals surface area contributed by atoms with E-state index in [1.807, 2.05) is 17.3 Å². The first-order chi connectivity index (χ1) is 24.2. The van der Waals surface area contributed by atoms with Crippen molar-refractivity contribution in [3.05, 3.63) is 189 Å². The molecule has 49 heavy (non-hydrogen) atoms. The van der Waals surface area contributed by atoms with Crippen LogP contribution < -0.4 is 31.8 Å². The van der Waals surface area contributed by atoms with Crippen molar-refractivity contribution in [3.8, 4) is 0 Å². The Morgan fingerprint density at radius 1 is 0.388 bits per heavy atom. The Kier molecular flexibility index (Phi) is 23.1. The fourth-order valence-electron chi connectivity index (χ4n) is 5.11. The largest absolute Gasteiger partial charge is 0.0622 e. The van der Waals surface area contributed by atoms with Crippen molar-refractivity contribution in [2.45, 2.75) is 38.9 Å². The molecular formula is C43H45ClOP2RuSi. The third-order valence-corrected chi connectivity index (χ3v) is 15.5. The molecule has 0 saturated heterocycles. The van der Waals surface area contributed by atoms with Gasteiger partial charge in [0.15, 0.2) is 0 Å². The van der Waals surface area contributed by atoms with Gasteiger partial charge in [0.05, 0.1) is 0 Å². The zero-order valence-corrected chi connectivity index (χ0v) is 33.8. The summed E-state index contributed by atoms with van der Waals surface area (Å²) in [6.45, 7) is 11.4. The average molecular weight is 804 g/mol. The van der Waals surface area contributed by atoms with Gasteiger partial charge in [0.1, 0.15) is 0 Å². The molecule has 6 rings (SSSR count). The number of rotatable bonds is 9. The van der Waals surface area contributed by atoms with Crippen molar-refractivity contribution in [2.24, 2.45) is 0 Å². The number of halogens is 1. The van der Waals surface area contributed by atoms with E-state index in [2.05, 4.69) is 219 Å². The summed E-state index contributed by atoms with van der Waals surface area (Å²) >= 11 is 1.82. The third kappa shape index (κ3) is 14.8.